The number of carbonyl (C=O) groups excluding carboxylic acids is 1. The maximum atomic E-state index is 13.2. The fourth-order valence-corrected chi connectivity index (χ4v) is 6.14. The first-order valence-electron chi connectivity index (χ1n) is 11.1. The Balaban J connectivity index is 1.61. The van der Waals surface area contributed by atoms with E-state index in [0.717, 1.165) is 50.5 Å². The maximum absolute atomic E-state index is 13.2. The van der Waals surface area contributed by atoms with Gasteiger partial charge in [0.05, 0.1) is 23.6 Å². The molecule has 1 aliphatic heterocycles. The lowest BCUT2D eigenvalue weighted by Gasteiger charge is -2.27. The van der Waals surface area contributed by atoms with Crippen molar-refractivity contribution in [1.82, 2.24) is 9.62 Å². The molecule has 4 rings (SSSR count). The van der Waals surface area contributed by atoms with Crippen LogP contribution in [0, 0.1) is 0 Å². The lowest BCUT2D eigenvalue weighted by molar-refractivity contribution is 0.0929. The normalized spacial score (nSPS) is 19.8. The van der Waals surface area contributed by atoms with Gasteiger partial charge in [0.2, 0.25) is 10.0 Å². The van der Waals surface area contributed by atoms with Crippen LogP contribution in [0.25, 0.3) is 0 Å². The summed E-state index contributed by atoms with van der Waals surface area (Å²) in [6, 6.07) is 12.6. The fraction of sp³-hybridized carbons (Fsp3) is 0.458. The number of nitrogens with one attached hydrogen (secondary N) is 1. The number of ether oxygens (including phenoxy) is 1. The van der Waals surface area contributed by atoms with E-state index in [4.69, 9.17) is 4.74 Å². The van der Waals surface area contributed by atoms with Crippen molar-refractivity contribution in [2.24, 2.45) is 0 Å². The standard InChI is InChI=1S/C24H30N2O4S/c1-30-23-14-13-19(31(28,29)26-15-6-2-3-7-16-26)17-21(23)24(27)25-22-12-8-10-18-9-4-5-11-20(18)22/h4-5,9,11,13-14,17,22H,2-3,6-8,10,12,15-16H2,1H3,(H,25,27)/t22-/m1/s1. The summed E-state index contributed by atoms with van der Waals surface area (Å²) in [5.74, 6) is 0.0582. The van der Waals surface area contributed by atoms with E-state index in [9.17, 15) is 13.2 Å². The van der Waals surface area contributed by atoms with Crippen LogP contribution in [-0.4, -0.2) is 38.8 Å². The van der Waals surface area contributed by atoms with Gasteiger partial charge in [-0.15, -0.1) is 0 Å². The van der Waals surface area contributed by atoms with E-state index in [-0.39, 0.29) is 22.4 Å². The quantitative estimate of drug-likeness (QED) is 0.757. The van der Waals surface area contributed by atoms with Gasteiger partial charge in [0, 0.05) is 13.1 Å². The number of aryl methyl sites for hydroxylation is 1. The second-order valence-electron chi connectivity index (χ2n) is 8.30. The number of sulfonamides is 1. The second kappa shape index (κ2) is 9.40. The molecule has 0 unspecified atom stereocenters. The molecule has 2 aliphatic rings. The predicted molar refractivity (Wildman–Crippen MR) is 120 cm³/mol. The summed E-state index contributed by atoms with van der Waals surface area (Å²) in [4.78, 5) is 13.4. The lowest BCUT2D eigenvalue weighted by Crippen LogP contribution is -2.33. The summed E-state index contributed by atoms with van der Waals surface area (Å²) in [6.45, 7) is 1.05. The average molecular weight is 443 g/mol. The molecule has 1 amide bonds. The summed E-state index contributed by atoms with van der Waals surface area (Å²) in [5.41, 5.74) is 2.64. The van der Waals surface area contributed by atoms with Crippen LogP contribution in [0.15, 0.2) is 47.4 Å². The first-order valence-corrected chi connectivity index (χ1v) is 12.5. The SMILES string of the molecule is COc1ccc(S(=O)(=O)N2CCCCCC2)cc1C(=O)N[C@@H]1CCCc2ccccc21. The first-order chi connectivity index (χ1) is 15.0. The number of carbonyl (C=O) groups is 1. The zero-order valence-electron chi connectivity index (χ0n) is 18.0. The van der Waals surface area contributed by atoms with E-state index in [0.29, 0.717) is 18.8 Å². The molecule has 31 heavy (non-hydrogen) atoms. The van der Waals surface area contributed by atoms with Crippen LogP contribution in [-0.2, 0) is 16.4 Å². The molecular formula is C24H30N2O4S. The van der Waals surface area contributed by atoms with Crippen molar-refractivity contribution in [1.29, 1.82) is 0 Å². The molecule has 1 atom stereocenters. The van der Waals surface area contributed by atoms with Crippen LogP contribution < -0.4 is 10.1 Å². The third-order valence-corrected chi connectivity index (χ3v) is 8.19. The van der Waals surface area contributed by atoms with E-state index in [1.165, 1.54) is 24.8 Å². The summed E-state index contributed by atoms with van der Waals surface area (Å²) in [7, 11) is -2.16. The van der Waals surface area contributed by atoms with E-state index in [1.54, 1.807) is 10.4 Å². The summed E-state index contributed by atoms with van der Waals surface area (Å²) < 4.78 is 33.4. The molecule has 2 aromatic rings. The molecule has 1 N–H and O–H groups in total. The Kier molecular flexibility index (Phi) is 6.62. The minimum absolute atomic E-state index is 0.0898. The Morgan fingerprint density at radius 1 is 1.03 bits per heavy atom. The van der Waals surface area contributed by atoms with E-state index < -0.39 is 10.0 Å². The summed E-state index contributed by atoms with van der Waals surface area (Å²) in [6.07, 6.45) is 6.69. The van der Waals surface area contributed by atoms with Crippen LogP contribution in [0.1, 0.15) is 66.1 Å². The van der Waals surface area contributed by atoms with E-state index in [2.05, 4.69) is 17.4 Å². The molecule has 1 heterocycles. The van der Waals surface area contributed by atoms with Gasteiger partial charge in [0.25, 0.3) is 5.91 Å². The smallest absolute Gasteiger partial charge is 0.255 e. The Morgan fingerprint density at radius 2 is 1.77 bits per heavy atom. The van der Waals surface area contributed by atoms with Crippen LogP contribution >= 0.6 is 0 Å². The van der Waals surface area contributed by atoms with Crippen molar-refractivity contribution in [2.75, 3.05) is 20.2 Å². The Bertz CT molecular complexity index is 1040. The number of methoxy groups -OCH3 is 1. The van der Waals surface area contributed by atoms with Crippen molar-refractivity contribution >= 4 is 15.9 Å². The molecule has 2 aromatic carbocycles. The minimum Gasteiger partial charge on any atom is -0.496 e. The molecule has 0 bridgehead atoms. The molecule has 1 aliphatic carbocycles. The zero-order chi connectivity index (χ0) is 21.8. The number of nitrogens with zero attached hydrogens (tertiary/aromatic N) is 1. The van der Waals surface area contributed by atoms with Crippen LogP contribution in [0.4, 0.5) is 0 Å². The number of hydrogen-bond acceptors (Lipinski definition) is 4. The molecule has 0 aromatic heterocycles. The summed E-state index contributed by atoms with van der Waals surface area (Å²) in [5, 5.41) is 3.11. The highest BCUT2D eigenvalue weighted by Crippen LogP contribution is 2.31. The topological polar surface area (TPSA) is 75.7 Å². The van der Waals surface area contributed by atoms with Gasteiger partial charge in [-0.2, -0.15) is 4.31 Å². The Labute approximate surface area is 184 Å². The van der Waals surface area contributed by atoms with Crippen molar-refractivity contribution in [3.8, 4) is 5.75 Å². The third kappa shape index (κ3) is 4.62. The molecule has 0 spiro atoms. The van der Waals surface area contributed by atoms with Crippen LogP contribution in [0.2, 0.25) is 0 Å². The van der Waals surface area contributed by atoms with Crippen molar-refractivity contribution in [3.05, 3.63) is 59.2 Å². The molecule has 0 radical (unpaired) electrons. The third-order valence-electron chi connectivity index (χ3n) is 6.29. The van der Waals surface area contributed by atoms with Gasteiger partial charge >= 0.3 is 0 Å². The van der Waals surface area contributed by atoms with Crippen LogP contribution in [0.3, 0.4) is 0 Å². The number of hydrogen-bond donors (Lipinski definition) is 1. The highest BCUT2D eigenvalue weighted by atomic mass is 32.2. The van der Waals surface area contributed by atoms with Gasteiger partial charge in [-0.05, 0) is 61.4 Å². The maximum Gasteiger partial charge on any atom is 0.255 e. The first kappa shape index (κ1) is 21.8. The molecule has 7 heteroatoms. The van der Waals surface area contributed by atoms with Gasteiger partial charge in [-0.1, -0.05) is 37.1 Å². The fourth-order valence-electron chi connectivity index (χ4n) is 4.60. The monoisotopic (exact) mass is 442 g/mol. The van der Waals surface area contributed by atoms with E-state index in [1.807, 2.05) is 12.1 Å². The van der Waals surface area contributed by atoms with Gasteiger partial charge in [0.1, 0.15) is 5.75 Å². The molecular weight excluding hydrogens is 412 g/mol. The number of benzene rings is 2. The lowest BCUT2D eigenvalue weighted by atomic mass is 9.87. The largest absolute Gasteiger partial charge is 0.496 e. The van der Waals surface area contributed by atoms with Crippen molar-refractivity contribution < 1.29 is 17.9 Å². The number of rotatable bonds is 5. The second-order valence-corrected chi connectivity index (χ2v) is 10.2. The average Bonchev–Trinajstić information content (AvgIpc) is 3.09. The van der Waals surface area contributed by atoms with Gasteiger partial charge in [0.15, 0.2) is 0 Å². The van der Waals surface area contributed by atoms with Gasteiger partial charge in [-0.3, -0.25) is 4.79 Å². The zero-order valence-corrected chi connectivity index (χ0v) is 18.8. The highest BCUT2D eigenvalue weighted by molar-refractivity contribution is 7.89. The number of amides is 1. The van der Waals surface area contributed by atoms with Crippen LogP contribution in [0.5, 0.6) is 5.75 Å². The number of fused-ring (bicyclic) bond motifs is 1. The Hall–Kier alpha value is -2.38. The summed E-state index contributed by atoms with van der Waals surface area (Å²) >= 11 is 0. The van der Waals surface area contributed by atoms with Gasteiger partial charge in [-0.25, -0.2) is 8.42 Å². The molecule has 1 fully saturated rings. The molecule has 6 nitrogen and oxygen atoms in total. The highest BCUT2D eigenvalue weighted by Gasteiger charge is 2.28. The van der Waals surface area contributed by atoms with Crippen molar-refractivity contribution in [2.45, 2.75) is 55.9 Å². The minimum atomic E-state index is -3.65. The van der Waals surface area contributed by atoms with E-state index >= 15 is 0 Å². The predicted octanol–water partition coefficient (Wildman–Crippen LogP) is 4.07. The molecule has 166 valence electrons. The Morgan fingerprint density at radius 3 is 2.52 bits per heavy atom. The molecule has 0 saturated carbocycles. The van der Waals surface area contributed by atoms with Crippen molar-refractivity contribution in [3.63, 3.8) is 0 Å². The van der Waals surface area contributed by atoms with Gasteiger partial charge < -0.3 is 10.1 Å². The molecule has 1 saturated heterocycles.